The molecule has 0 saturated carbocycles. The molecule has 33 heavy (non-hydrogen) atoms. The largest absolute Gasteiger partial charge is 0.503 e. The summed E-state index contributed by atoms with van der Waals surface area (Å²) in [6.45, 7) is 6.54. The van der Waals surface area contributed by atoms with Crippen LogP contribution in [0.25, 0.3) is 22.0 Å². The van der Waals surface area contributed by atoms with Gasteiger partial charge in [-0.25, -0.2) is 0 Å². The van der Waals surface area contributed by atoms with Gasteiger partial charge < -0.3 is 19.6 Å². The molecule has 0 spiro atoms. The van der Waals surface area contributed by atoms with E-state index in [4.69, 9.17) is 16.3 Å². The predicted molar refractivity (Wildman–Crippen MR) is 134 cm³/mol. The van der Waals surface area contributed by atoms with Gasteiger partial charge in [-0.3, -0.25) is 9.88 Å². The third-order valence-electron chi connectivity index (χ3n) is 7.07. The Kier molecular flexibility index (Phi) is 6.32. The number of pyridine rings is 1. The zero-order chi connectivity index (χ0) is 22.9. The van der Waals surface area contributed by atoms with Crippen LogP contribution in [0, 0.1) is 6.07 Å². The topological polar surface area (TPSA) is 52.1 Å². The molecule has 173 valence electrons. The molecule has 2 aliphatic rings. The molecule has 7 heteroatoms. The maximum absolute atomic E-state index is 10.1. The number of halogens is 1. The molecule has 1 N–H and O–H groups in total. The summed E-state index contributed by atoms with van der Waals surface area (Å²) in [5.74, 6) is 0.322. The maximum atomic E-state index is 10.1. The summed E-state index contributed by atoms with van der Waals surface area (Å²) in [6.07, 6.45) is 4.31. The highest BCUT2D eigenvalue weighted by atomic mass is 35.5. The minimum absolute atomic E-state index is 0.0399. The number of likely N-dealkylation sites (tertiary alicyclic amines) is 1. The van der Waals surface area contributed by atoms with Crippen molar-refractivity contribution in [2.45, 2.75) is 18.9 Å². The normalized spacial score (nSPS) is 18.7. The number of fused-ring (bicyclic) bond motifs is 1. The molecule has 2 aliphatic heterocycles. The van der Waals surface area contributed by atoms with Crippen LogP contribution >= 0.6 is 11.6 Å². The number of hydrogen-bond acceptors (Lipinski definition) is 6. The highest BCUT2D eigenvalue weighted by Gasteiger charge is 2.27. The van der Waals surface area contributed by atoms with Gasteiger partial charge in [-0.05, 0) is 68.4 Å². The monoisotopic (exact) mass is 465 g/mol. The first kappa shape index (κ1) is 22.3. The molecule has 2 saturated heterocycles. The maximum Gasteiger partial charge on any atom is 0.176 e. The van der Waals surface area contributed by atoms with E-state index >= 15 is 0 Å². The van der Waals surface area contributed by atoms with Crippen LogP contribution in [0.3, 0.4) is 0 Å². The molecule has 0 atom stereocenters. The molecule has 0 bridgehead atoms. The lowest BCUT2D eigenvalue weighted by atomic mass is 10.0. The van der Waals surface area contributed by atoms with Crippen molar-refractivity contribution in [2.75, 3.05) is 58.3 Å². The van der Waals surface area contributed by atoms with E-state index in [2.05, 4.69) is 38.9 Å². The second-order valence-corrected chi connectivity index (χ2v) is 9.46. The lowest BCUT2D eigenvalue weighted by molar-refractivity contribution is 0.115. The number of aromatic hydroxyl groups is 1. The standard InChI is InChI=1S/C26H30ClN4O2/c1-29-9-6-20(7-10-29)30-11-13-31(14-12-30)24-5-8-28-23-4-3-18(15-21(23)24)19-16-22(27)26(32)25(17-19)33-2/h3-4,8,15-17,20,32H,6-7,9-14H2,1-2H3. The molecule has 6 nitrogen and oxygen atoms in total. The number of ether oxygens (including phenoxy) is 1. The van der Waals surface area contributed by atoms with Crippen molar-refractivity contribution in [1.82, 2.24) is 14.8 Å². The number of aromatic nitrogens is 1. The third-order valence-corrected chi connectivity index (χ3v) is 7.36. The number of piperidine rings is 1. The minimum Gasteiger partial charge on any atom is -0.503 e. The number of benzene rings is 2. The number of phenols is 1. The number of hydrogen-bond donors (Lipinski definition) is 1. The molecular weight excluding hydrogens is 436 g/mol. The summed E-state index contributed by atoms with van der Waals surface area (Å²) < 4.78 is 5.29. The van der Waals surface area contributed by atoms with Crippen molar-refractivity contribution in [3.05, 3.63) is 47.6 Å². The highest BCUT2D eigenvalue weighted by molar-refractivity contribution is 6.32. The number of rotatable bonds is 4. The van der Waals surface area contributed by atoms with Gasteiger partial charge in [0, 0.05) is 49.9 Å². The highest BCUT2D eigenvalue weighted by Crippen LogP contribution is 2.39. The molecular formula is C26H30ClN4O2. The first-order chi connectivity index (χ1) is 16.0. The van der Waals surface area contributed by atoms with Crippen molar-refractivity contribution in [1.29, 1.82) is 0 Å². The Morgan fingerprint density at radius 1 is 1.03 bits per heavy atom. The molecule has 2 aromatic carbocycles. The molecule has 0 amide bonds. The molecule has 5 rings (SSSR count). The number of piperazine rings is 1. The smallest absolute Gasteiger partial charge is 0.176 e. The Balaban J connectivity index is 1.40. The summed E-state index contributed by atoms with van der Waals surface area (Å²) in [5, 5.41) is 11.4. The second-order valence-electron chi connectivity index (χ2n) is 9.05. The third kappa shape index (κ3) is 4.47. The number of nitrogens with zero attached hydrogens (tertiary/aromatic N) is 4. The SMILES string of the molecule is COc1cc(-c2ccc3nc[c]c(N4CCN(C5CCN(C)CC5)CC4)c3c2)cc(Cl)c1O. The summed E-state index contributed by atoms with van der Waals surface area (Å²) in [6, 6.07) is 13.9. The van der Waals surface area contributed by atoms with Crippen LogP contribution in [0.5, 0.6) is 11.5 Å². The van der Waals surface area contributed by atoms with Gasteiger partial charge in [0.05, 0.1) is 23.3 Å². The lowest BCUT2D eigenvalue weighted by Gasteiger charge is -2.43. The van der Waals surface area contributed by atoms with Gasteiger partial charge in [0.1, 0.15) is 0 Å². The number of anilines is 1. The fourth-order valence-electron chi connectivity index (χ4n) is 5.09. The van der Waals surface area contributed by atoms with Crippen molar-refractivity contribution in [2.24, 2.45) is 0 Å². The van der Waals surface area contributed by atoms with Gasteiger partial charge in [-0.1, -0.05) is 17.7 Å². The van der Waals surface area contributed by atoms with Crippen molar-refractivity contribution in [3.63, 3.8) is 0 Å². The molecule has 1 aromatic heterocycles. The van der Waals surface area contributed by atoms with E-state index < -0.39 is 0 Å². The zero-order valence-corrected chi connectivity index (χ0v) is 20.0. The Morgan fingerprint density at radius 2 is 1.79 bits per heavy atom. The second kappa shape index (κ2) is 9.37. The minimum atomic E-state index is -0.0399. The summed E-state index contributed by atoms with van der Waals surface area (Å²) in [5.41, 5.74) is 3.93. The average molecular weight is 466 g/mol. The van der Waals surface area contributed by atoms with Crippen LogP contribution in [0.2, 0.25) is 5.02 Å². The van der Waals surface area contributed by atoms with Gasteiger partial charge in [0.25, 0.3) is 0 Å². The Labute approximate surface area is 200 Å². The molecule has 2 fully saturated rings. The predicted octanol–water partition coefficient (Wildman–Crippen LogP) is 4.29. The quantitative estimate of drug-likeness (QED) is 0.620. The zero-order valence-electron chi connectivity index (χ0n) is 19.2. The lowest BCUT2D eigenvalue weighted by Crippen LogP contribution is -2.53. The molecule has 1 radical (unpaired) electrons. The summed E-state index contributed by atoms with van der Waals surface area (Å²) in [7, 11) is 3.74. The molecule has 0 aliphatic carbocycles. The fraction of sp³-hybridized carbons (Fsp3) is 0.423. The summed E-state index contributed by atoms with van der Waals surface area (Å²) >= 11 is 6.24. The van der Waals surface area contributed by atoms with Crippen LogP contribution < -0.4 is 9.64 Å². The van der Waals surface area contributed by atoms with E-state index in [-0.39, 0.29) is 10.8 Å². The van der Waals surface area contributed by atoms with Crippen LogP contribution in [0.4, 0.5) is 5.69 Å². The van der Waals surface area contributed by atoms with Gasteiger partial charge in [0.2, 0.25) is 0 Å². The van der Waals surface area contributed by atoms with Crippen LogP contribution in [-0.2, 0) is 0 Å². The number of methoxy groups -OCH3 is 1. The van der Waals surface area contributed by atoms with E-state index in [0.717, 1.165) is 53.9 Å². The molecule has 0 unspecified atom stereocenters. The Morgan fingerprint density at radius 3 is 2.52 bits per heavy atom. The number of phenolic OH excluding ortho intramolecular Hbond substituents is 1. The van der Waals surface area contributed by atoms with Crippen LogP contribution in [-0.4, -0.2) is 79.4 Å². The molecule has 3 heterocycles. The first-order valence-electron chi connectivity index (χ1n) is 11.6. The first-order valence-corrected chi connectivity index (χ1v) is 12.0. The fourth-order valence-corrected chi connectivity index (χ4v) is 5.30. The Bertz CT molecular complexity index is 1140. The average Bonchev–Trinajstić information content (AvgIpc) is 2.85. The van der Waals surface area contributed by atoms with Crippen LogP contribution in [0.15, 0.2) is 36.5 Å². The van der Waals surface area contributed by atoms with Gasteiger partial charge in [0.15, 0.2) is 11.5 Å². The van der Waals surface area contributed by atoms with Gasteiger partial charge in [-0.2, -0.15) is 0 Å². The van der Waals surface area contributed by atoms with E-state index in [1.165, 1.54) is 33.0 Å². The van der Waals surface area contributed by atoms with Gasteiger partial charge in [-0.15, -0.1) is 0 Å². The molecule has 3 aromatic rings. The van der Waals surface area contributed by atoms with E-state index in [1.54, 1.807) is 12.3 Å². The van der Waals surface area contributed by atoms with Crippen LogP contribution in [0.1, 0.15) is 12.8 Å². The van der Waals surface area contributed by atoms with Crippen molar-refractivity contribution in [3.8, 4) is 22.6 Å². The van der Waals surface area contributed by atoms with Crippen molar-refractivity contribution >= 4 is 28.2 Å². The summed E-state index contributed by atoms with van der Waals surface area (Å²) in [4.78, 5) is 12.1. The van der Waals surface area contributed by atoms with E-state index in [9.17, 15) is 5.11 Å². The van der Waals surface area contributed by atoms with E-state index in [0.29, 0.717) is 11.8 Å². The van der Waals surface area contributed by atoms with Crippen molar-refractivity contribution < 1.29 is 9.84 Å². The Hall–Kier alpha value is -2.54. The van der Waals surface area contributed by atoms with E-state index in [1.807, 2.05) is 18.2 Å². The van der Waals surface area contributed by atoms with Gasteiger partial charge >= 0.3 is 0 Å².